The van der Waals surface area contributed by atoms with E-state index in [1.807, 2.05) is 0 Å². The van der Waals surface area contributed by atoms with Crippen LogP contribution in [0.2, 0.25) is 8.35 Å². The Morgan fingerprint density at radius 1 is 1.18 bits per heavy atom. The molecule has 1 amide bonds. The molecule has 1 aliphatic rings. The van der Waals surface area contributed by atoms with Crippen LogP contribution in [0.4, 0.5) is 0 Å². The number of benzene rings is 1. The van der Waals surface area contributed by atoms with E-state index in [9.17, 15) is 13.2 Å². The van der Waals surface area contributed by atoms with Crippen LogP contribution in [0.25, 0.3) is 0 Å². The van der Waals surface area contributed by atoms with Crippen molar-refractivity contribution in [2.24, 2.45) is 11.1 Å². The van der Waals surface area contributed by atoms with E-state index in [1.54, 1.807) is 0 Å². The van der Waals surface area contributed by atoms with Crippen molar-refractivity contribution in [3.63, 3.8) is 0 Å². The number of primary sulfonamides is 1. The van der Waals surface area contributed by atoms with Gasteiger partial charge in [-0.3, -0.25) is 0 Å². The Hall–Kier alpha value is -0.790. The molecule has 22 heavy (non-hydrogen) atoms. The monoisotopic (exact) mass is 424 g/mol. The first-order chi connectivity index (χ1) is 10.3. The molecular formula is C15H21InN2O3S. The zero-order valence-electron chi connectivity index (χ0n) is 12.8. The van der Waals surface area contributed by atoms with E-state index < -0.39 is 31.5 Å². The molecule has 0 saturated carbocycles. The fourth-order valence-electron chi connectivity index (χ4n) is 2.79. The van der Waals surface area contributed by atoms with Gasteiger partial charge in [-0.2, -0.15) is 0 Å². The molecule has 0 saturated heterocycles. The van der Waals surface area contributed by atoms with Gasteiger partial charge in [0, 0.05) is 0 Å². The summed E-state index contributed by atoms with van der Waals surface area (Å²) in [6.45, 7) is 4.29. The summed E-state index contributed by atoms with van der Waals surface area (Å²) in [5, 5.41) is 8.23. The molecule has 0 aromatic heterocycles. The summed E-state index contributed by atoms with van der Waals surface area (Å²) < 4.78 is 25.2. The topological polar surface area (TPSA) is 89.3 Å². The summed E-state index contributed by atoms with van der Waals surface area (Å²) in [7, 11) is -3.72. The van der Waals surface area contributed by atoms with Crippen LogP contribution in [0.1, 0.15) is 24.2 Å². The summed E-state index contributed by atoms with van der Waals surface area (Å²) >= 11 is -1.77. The van der Waals surface area contributed by atoms with E-state index in [4.69, 9.17) is 5.14 Å². The summed E-state index contributed by atoms with van der Waals surface area (Å²) in [6.07, 6.45) is 4.48. The summed E-state index contributed by atoms with van der Waals surface area (Å²) in [4.78, 5) is 12.4. The second-order valence-electron chi connectivity index (χ2n) is 6.02. The predicted octanol–water partition coefficient (Wildman–Crippen LogP) is 1.69. The minimum absolute atomic E-state index is 0.0172. The molecule has 1 aromatic carbocycles. The van der Waals surface area contributed by atoms with Gasteiger partial charge in [-0.05, 0) is 0 Å². The average molecular weight is 424 g/mol. The van der Waals surface area contributed by atoms with Gasteiger partial charge >= 0.3 is 140 Å². The van der Waals surface area contributed by atoms with Crippen molar-refractivity contribution in [2.45, 2.75) is 30.9 Å². The molecule has 1 heterocycles. The Morgan fingerprint density at radius 2 is 1.73 bits per heavy atom. The number of allylic oxidation sites excluding steroid dienone is 2. The normalized spacial score (nSPS) is 16.1. The maximum absolute atomic E-state index is 12.4. The van der Waals surface area contributed by atoms with E-state index in [-0.39, 0.29) is 10.8 Å². The molecule has 3 N–H and O–H groups in total. The second-order valence-corrected chi connectivity index (χ2v) is 16.7. The number of hydrogen-bond acceptors (Lipinski definition) is 3. The van der Waals surface area contributed by atoms with Gasteiger partial charge in [-0.1, -0.05) is 0 Å². The molecule has 0 unspecified atom stereocenters. The first-order valence-electron chi connectivity index (χ1n) is 7.38. The molecule has 1 aromatic rings. The third kappa shape index (κ3) is 4.36. The number of nitrogens with one attached hydrogen (secondary N) is 1. The average Bonchev–Trinajstić information content (AvgIpc) is 2.97. The van der Waals surface area contributed by atoms with Crippen molar-refractivity contribution >= 4 is 37.4 Å². The van der Waals surface area contributed by atoms with Gasteiger partial charge < -0.3 is 0 Å². The van der Waals surface area contributed by atoms with Crippen LogP contribution in [0, 0.1) is 5.92 Å². The van der Waals surface area contributed by atoms with Gasteiger partial charge in [0.15, 0.2) is 0 Å². The fourth-order valence-corrected chi connectivity index (χ4v) is 12.8. The Balaban J connectivity index is 2.10. The van der Waals surface area contributed by atoms with E-state index in [1.165, 1.54) is 32.6 Å². The SMILES string of the molecule is CC(C)[C@H](NC(=O)c1ccc(S(N)(=O)=O)cc1)[In]1[CH2]C=C[CH2]1. The molecular weight excluding hydrogens is 403 g/mol. The number of rotatable bonds is 5. The first-order valence-corrected chi connectivity index (χ1v) is 15.5. The van der Waals surface area contributed by atoms with Crippen molar-refractivity contribution in [2.75, 3.05) is 0 Å². The minimum atomic E-state index is -3.72. The van der Waals surface area contributed by atoms with Crippen molar-refractivity contribution in [1.82, 2.24) is 5.32 Å². The first kappa shape index (κ1) is 17.6. The van der Waals surface area contributed by atoms with Crippen molar-refractivity contribution in [3.8, 4) is 0 Å². The number of sulfonamides is 1. The van der Waals surface area contributed by atoms with Crippen molar-refractivity contribution < 1.29 is 13.2 Å². The molecule has 0 spiro atoms. The molecule has 2 rings (SSSR count). The van der Waals surface area contributed by atoms with E-state index in [2.05, 4.69) is 31.3 Å². The number of carbonyl (C=O) groups excluding carboxylic acids is 1. The number of amides is 1. The van der Waals surface area contributed by atoms with Crippen LogP contribution < -0.4 is 10.5 Å². The van der Waals surface area contributed by atoms with Crippen LogP contribution >= 0.6 is 0 Å². The Bertz CT molecular complexity index is 661. The molecule has 5 nitrogen and oxygen atoms in total. The molecule has 0 radical (unpaired) electrons. The second kappa shape index (κ2) is 7.19. The van der Waals surface area contributed by atoms with Gasteiger partial charge in [0.05, 0.1) is 0 Å². The van der Waals surface area contributed by atoms with E-state index in [0.29, 0.717) is 15.3 Å². The number of carbonyl (C=O) groups is 1. The van der Waals surface area contributed by atoms with Gasteiger partial charge in [-0.15, -0.1) is 0 Å². The summed E-state index contributed by atoms with van der Waals surface area (Å²) in [5.74, 6) is 0.289. The van der Waals surface area contributed by atoms with Crippen LogP contribution in [0.5, 0.6) is 0 Å². The molecule has 1 aliphatic heterocycles. The summed E-state index contributed by atoms with van der Waals surface area (Å²) in [5.41, 5.74) is 0.468. The standard InChI is InChI=1S/C11H15N2O3S.C4H6.In/c1-8(2)7-13-11(14)9-3-5-10(6-4-9)17(12,15)16;1-3-4-2;/h3-8H,1-2H3,(H,13,14)(H2,12,15,16);3-4H,1-2H2;. The van der Waals surface area contributed by atoms with E-state index in [0.717, 1.165) is 0 Å². The van der Waals surface area contributed by atoms with Crippen LogP contribution in [0.15, 0.2) is 41.3 Å². The third-order valence-corrected chi connectivity index (χ3v) is 15.5. The molecule has 118 valence electrons. The van der Waals surface area contributed by atoms with Crippen LogP contribution in [-0.2, 0) is 10.0 Å². The van der Waals surface area contributed by atoms with Gasteiger partial charge in [0.2, 0.25) is 0 Å². The Kier molecular flexibility index (Phi) is 5.74. The maximum atomic E-state index is 12.4. The fraction of sp³-hybridized carbons (Fsp3) is 0.400. The zero-order valence-corrected chi connectivity index (χ0v) is 16.9. The van der Waals surface area contributed by atoms with Crippen LogP contribution in [0.3, 0.4) is 0 Å². The van der Waals surface area contributed by atoms with Gasteiger partial charge in [-0.25, -0.2) is 0 Å². The predicted molar refractivity (Wildman–Crippen MR) is 88.4 cm³/mol. The Labute approximate surface area is 139 Å². The quantitative estimate of drug-likeness (QED) is 0.706. The number of hydrogen-bond donors (Lipinski definition) is 2. The van der Waals surface area contributed by atoms with Crippen LogP contribution in [-0.4, -0.2) is 39.6 Å². The van der Waals surface area contributed by atoms with Crippen molar-refractivity contribution in [1.29, 1.82) is 0 Å². The zero-order chi connectivity index (χ0) is 16.3. The Morgan fingerprint density at radius 3 is 2.18 bits per heavy atom. The van der Waals surface area contributed by atoms with Gasteiger partial charge in [0.1, 0.15) is 0 Å². The van der Waals surface area contributed by atoms with Crippen molar-refractivity contribution in [3.05, 3.63) is 42.0 Å². The molecule has 0 aliphatic carbocycles. The molecule has 0 fully saturated rings. The van der Waals surface area contributed by atoms with E-state index >= 15 is 0 Å². The van der Waals surface area contributed by atoms with Gasteiger partial charge in [0.25, 0.3) is 0 Å². The number of nitrogens with two attached hydrogens (primary N) is 1. The summed E-state index contributed by atoms with van der Waals surface area (Å²) in [6, 6.07) is 5.76. The molecule has 1 atom stereocenters. The third-order valence-electron chi connectivity index (χ3n) is 4.01. The molecule has 0 bridgehead atoms. The molecule has 7 heteroatoms.